The highest BCUT2D eigenvalue weighted by Gasteiger charge is 2.37. The van der Waals surface area contributed by atoms with Crippen molar-refractivity contribution in [2.24, 2.45) is 10.5 Å². The third-order valence-electron chi connectivity index (χ3n) is 3.22. The van der Waals surface area contributed by atoms with Crippen molar-refractivity contribution in [2.75, 3.05) is 18.9 Å². The van der Waals surface area contributed by atoms with E-state index in [1.165, 1.54) is 5.01 Å². The molecule has 102 valence electrons. The van der Waals surface area contributed by atoms with E-state index in [0.717, 1.165) is 11.3 Å². The van der Waals surface area contributed by atoms with Gasteiger partial charge in [-0.25, -0.2) is 5.01 Å². The molecule has 0 radical (unpaired) electrons. The van der Waals surface area contributed by atoms with Crippen molar-refractivity contribution in [2.45, 2.75) is 20.3 Å². The summed E-state index contributed by atoms with van der Waals surface area (Å²) < 4.78 is 0. The number of benzene rings is 1. The van der Waals surface area contributed by atoms with Crippen molar-refractivity contribution in [3.8, 4) is 0 Å². The van der Waals surface area contributed by atoms with Gasteiger partial charge in [-0.05, 0) is 17.7 Å². The molecule has 0 bridgehead atoms. The van der Waals surface area contributed by atoms with Crippen LogP contribution in [0.15, 0.2) is 29.4 Å². The molecule has 0 fully saturated rings. The van der Waals surface area contributed by atoms with E-state index in [9.17, 15) is 4.79 Å². The van der Waals surface area contributed by atoms with Gasteiger partial charge in [0.05, 0.1) is 24.3 Å². The Kier molecular flexibility index (Phi) is 3.57. The van der Waals surface area contributed by atoms with Crippen LogP contribution in [-0.2, 0) is 4.79 Å². The van der Waals surface area contributed by atoms with Gasteiger partial charge in [-0.1, -0.05) is 26.0 Å². The summed E-state index contributed by atoms with van der Waals surface area (Å²) in [6, 6.07) is 7.43. The number of nitrogens with two attached hydrogens (primary N) is 1. The fourth-order valence-corrected chi connectivity index (χ4v) is 2.15. The molecule has 3 N–H and O–H groups in total. The Balaban J connectivity index is 2.36. The number of aliphatic hydroxyl groups is 1. The van der Waals surface area contributed by atoms with Crippen LogP contribution in [0.2, 0.25) is 0 Å². The molecule has 0 saturated carbocycles. The zero-order valence-corrected chi connectivity index (χ0v) is 11.3. The van der Waals surface area contributed by atoms with Gasteiger partial charge in [0.2, 0.25) is 5.91 Å². The van der Waals surface area contributed by atoms with Gasteiger partial charge in [0.1, 0.15) is 0 Å². The molecule has 1 aliphatic rings. The van der Waals surface area contributed by atoms with E-state index in [2.05, 4.69) is 5.10 Å². The summed E-state index contributed by atoms with van der Waals surface area (Å²) in [5.41, 5.74) is 7.66. The predicted octanol–water partition coefficient (Wildman–Crippen LogP) is 1.22. The summed E-state index contributed by atoms with van der Waals surface area (Å²) in [5, 5.41) is 14.7. The second kappa shape index (κ2) is 5.01. The van der Waals surface area contributed by atoms with Crippen molar-refractivity contribution in [3.05, 3.63) is 29.8 Å². The molecule has 1 aromatic carbocycles. The van der Waals surface area contributed by atoms with Gasteiger partial charge in [-0.3, -0.25) is 4.79 Å². The van der Waals surface area contributed by atoms with Crippen LogP contribution in [0, 0.1) is 5.41 Å². The fourth-order valence-electron chi connectivity index (χ4n) is 2.15. The molecule has 0 saturated heterocycles. The zero-order valence-electron chi connectivity index (χ0n) is 11.3. The van der Waals surface area contributed by atoms with Gasteiger partial charge in [-0.2, -0.15) is 5.10 Å². The van der Waals surface area contributed by atoms with E-state index in [0.29, 0.717) is 12.1 Å². The smallest absolute Gasteiger partial charge is 0.248 e. The molecule has 5 nitrogen and oxygen atoms in total. The van der Waals surface area contributed by atoms with Crippen molar-refractivity contribution in [1.82, 2.24) is 5.01 Å². The topological polar surface area (TPSA) is 78.9 Å². The highest BCUT2D eigenvalue weighted by atomic mass is 16.3. The average Bonchev–Trinajstić information content (AvgIpc) is 2.36. The zero-order chi connectivity index (χ0) is 14.0. The molecule has 0 spiro atoms. The first-order valence-electron chi connectivity index (χ1n) is 6.30. The van der Waals surface area contributed by atoms with Crippen molar-refractivity contribution in [3.63, 3.8) is 0 Å². The lowest BCUT2D eigenvalue weighted by atomic mass is 9.83. The second-order valence-electron chi connectivity index (χ2n) is 5.38. The minimum atomic E-state index is -0.506. The van der Waals surface area contributed by atoms with Crippen LogP contribution >= 0.6 is 0 Å². The monoisotopic (exact) mass is 261 g/mol. The van der Waals surface area contributed by atoms with Crippen molar-refractivity contribution >= 4 is 17.3 Å². The number of carbonyl (C=O) groups excluding carboxylic acids is 1. The number of rotatable bonds is 3. The van der Waals surface area contributed by atoms with Gasteiger partial charge in [0.15, 0.2) is 0 Å². The molecule has 1 aromatic rings. The fraction of sp³-hybridized carbons (Fsp3) is 0.429. The molecule has 0 unspecified atom stereocenters. The number of hydrogen-bond donors (Lipinski definition) is 2. The Morgan fingerprint density at radius 2 is 2.00 bits per heavy atom. The van der Waals surface area contributed by atoms with Gasteiger partial charge < -0.3 is 10.8 Å². The summed E-state index contributed by atoms with van der Waals surface area (Å²) in [5.74, 6) is -0.0549. The number of nitrogens with zero attached hydrogens (tertiary/aromatic N) is 2. The first-order valence-corrected chi connectivity index (χ1v) is 6.30. The van der Waals surface area contributed by atoms with E-state index in [1.807, 2.05) is 38.1 Å². The first kappa shape index (κ1) is 13.5. The Morgan fingerprint density at radius 1 is 1.37 bits per heavy atom. The minimum absolute atomic E-state index is 0.0549. The van der Waals surface area contributed by atoms with E-state index >= 15 is 0 Å². The molecule has 0 aliphatic carbocycles. The number of nitrogen functional groups attached to an aromatic ring is 1. The number of hydrazone groups is 1. The number of amides is 1. The van der Waals surface area contributed by atoms with Crippen LogP contribution < -0.4 is 5.73 Å². The standard InChI is InChI=1S/C14H19N3O2/c1-14(2)9-12(10-3-5-11(15)6-4-10)16-17(7-8-18)13(14)19/h3-6,18H,7-9,15H2,1-2H3. The quantitative estimate of drug-likeness (QED) is 0.803. The van der Waals surface area contributed by atoms with Gasteiger partial charge in [0, 0.05) is 12.1 Å². The van der Waals surface area contributed by atoms with E-state index in [1.54, 1.807) is 0 Å². The average molecular weight is 261 g/mol. The van der Waals surface area contributed by atoms with Crippen LogP contribution in [0.25, 0.3) is 0 Å². The minimum Gasteiger partial charge on any atom is -0.399 e. The largest absolute Gasteiger partial charge is 0.399 e. The number of aliphatic hydroxyl groups excluding tert-OH is 1. The number of carbonyl (C=O) groups is 1. The molecule has 1 aliphatic heterocycles. The number of anilines is 1. The molecular formula is C14H19N3O2. The SMILES string of the molecule is CC1(C)CC(c2ccc(N)cc2)=NN(CCO)C1=O. The molecular weight excluding hydrogens is 242 g/mol. The van der Waals surface area contributed by atoms with E-state index in [-0.39, 0.29) is 19.1 Å². The van der Waals surface area contributed by atoms with Crippen molar-refractivity contribution < 1.29 is 9.90 Å². The highest BCUT2D eigenvalue weighted by Crippen LogP contribution is 2.30. The Hall–Kier alpha value is -1.88. The lowest BCUT2D eigenvalue weighted by molar-refractivity contribution is -0.141. The third kappa shape index (κ3) is 2.76. The first-order chi connectivity index (χ1) is 8.94. The maximum absolute atomic E-state index is 12.2. The predicted molar refractivity (Wildman–Crippen MR) is 74.6 cm³/mol. The summed E-state index contributed by atoms with van der Waals surface area (Å²) in [7, 11) is 0. The highest BCUT2D eigenvalue weighted by molar-refractivity contribution is 6.05. The maximum Gasteiger partial charge on any atom is 0.248 e. The van der Waals surface area contributed by atoms with Crippen LogP contribution in [0.1, 0.15) is 25.8 Å². The Labute approximate surface area is 112 Å². The molecule has 1 amide bonds. The molecule has 2 rings (SSSR count). The van der Waals surface area contributed by atoms with Gasteiger partial charge in [0.25, 0.3) is 0 Å². The lowest BCUT2D eigenvalue weighted by Crippen LogP contribution is -2.45. The molecule has 1 heterocycles. The summed E-state index contributed by atoms with van der Waals surface area (Å²) in [6.07, 6.45) is 0.581. The number of β-amino-alcohol motifs (C(OH)–C–C–N with tert-alkyl or cyclic N) is 1. The Morgan fingerprint density at radius 3 is 2.58 bits per heavy atom. The maximum atomic E-state index is 12.2. The van der Waals surface area contributed by atoms with Crippen LogP contribution in [0.3, 0.4) is 0 Å². The normalized spacial score (nSPS) is 18.4. The summed E-state index contributed by atoms with van der Waals surface area (Å²) in [6.45, 7) is 3.92. The number of hydrogen-bond acceptors (Lipinski definition) is 4. The van der Waals surface area contributed by atoms with Gasteiger partial charge in [-0.15, -0.1) is 0 Å². The Bertz CT molecular complexity index is 506. The van der Waals surface area contributed by atoms with Crippen LogP contribution in [-0.4, -0.2) is 34.9 Å². The molecule has 5 heteroatoms. The third-order valence-corrected chi connectivity index (χ3v) is 3.22. The van der Waals surface area contributed by atoms with Crippen molar-refractivity contribution in [1.29, 1.82) is 0 Å². The van der Waals surface area contributed by atoms with Crippen LogP contribution in [0.4, 0.5) is 5.69 Å². The van der Waals surface area contributed by atoms with Crippen LogP contribution in [0.5, 0.6) is 0 Å². The van der Waals surface area contributed by atoms with E-state index < -0.39 is 5.41 Å². The summed E-state index contributed by atoms with van der Waals surface area (Å²) >= 11 is 0. The molecule has 0 atom stereocenters. The molecule has 19 heavy (non-hydrogen) atoms. The second-order valence-corrected chi connectivity index (χ2v) is 5.38. The van der Waals surface area contributed by atoms with Gasteiger partial charge >= 0.3 is 0 Å². The summed E-state index contributed by atoms with van der Waals surface area (Å²) in [4.78, 5) is 12.2. The lowest BCUT2D eigenvalue weighted by Gasteiger charge is -2.34. The molecule has 0 aromatic heterocycles. The van der Waals surface area contributed by atoms with E-state index in [4.69, 9.17) is 10.8 Å².